The number of likely N-dealkylation sites (tertiary alicyclic amines) is 1. The Hall–Kier alpha value is -2.00. The van der Waals surface area contributed by atoms with E-state index < -0.39 is 20.6 Å². The van der Waals surface area contributed by atoms with E-state index in [0.29, 0.717) is 12.8 Å². The molecule has 2 aliphatic rings. The third-order valence-electron chi connectivity index (χ3n) is 5.08. The lowest BCUT2D eigenvalue weighted by atomic mass is 9.97. The van der Waals surface area contributed by atoms with Gasteiger partial charge >= 0.3 is 0 Å². The van der Waals surface area contributed by atoms with Gasteiger partial charge in [0.15, 0.2) is 4.90 Å². The molecule has 1 aromatic carbocycles. The standard InChI is InChI=1S/C17H23N3O5S/c21-17(18-10-4-1-5-11-18)14-7-6-12-19(13-14)26(24,25)16-9-3-2-8-15(16)20(22)23/h2-3,8-9,14H,1,4-7,10-13H2/t14-/m1/s1. The second-order valence-corrected chi connectivity index (χ2v) is 8.72. The Morgan fingerprint density at radius 2 is 1.77 bits per heavy atom. The summed E-state index contributed by atoms with van der Waals surface area (Å²) in [5.41, 5.74) is -0.433. The Bertz CT molecular complexity index is 789. The number of nitro benzene ring substituents is 1. The van der Waals surface area contributed by atoms with Crippen LogP contribution in [0.2, 0.25) is 0 Å². The van der Waals surface area contributed by atoms with Gasteiger partial charge in [-0.2, -0.15) is 4.31 Å². The van der Waals surface area contributed by atoms with Crippen LogP contribution in [0.4, 0.5) is 5.69 Å². The van der Waals surface area contributed by atoms with Crippen molar-refractivity contribution in [2.24, 2.45) is 5.92 Å². The van der Waals surface area contributed by atoms with Crippen LogP contribution in [0.25, 0.3) is 0 Å². The number of hydrogen-bond donors (Lipinski definition) is 0. The van der Waals surface area contributed by atoms with Crippen molar-refractivity contribution in [3.8, 4) is 0 Å². The van der Waals surface area contributed by atoms with Gasteiger partial charge in [0.2, 0.25) is 15.9 Å². The molecule has 0 unspecified atom stereocenters. The number of hydrogen-bond acceptors (Lipinski definition) is 5. The molecule has 1 aromatic rings. The Kier molecular flexibility index (Phi) is 5.57. The van der Waals surface area contributed by atoms with E-state index >= 15 is 0 Å². The van der Waals surface area contributed by atoms with Crippen molar-refractivity contribution in [1.29, 1.82) is 0 Å². The number of carbonyl (C=O) groups excluding carboxylic acids is 1. The van der Waals surface area contributed by atoms with Crippen molar-refractivity contribution in [2.75, 3.05) is 26.2 Å². The van der Waals surface area contributed by atoms with Crippen LogP contribution >= 0.6 is 0 Å². The summed E-state index contributed by atoms with van der Waals surface area (Å²) < 4.78 is 27.1. The Balaban J connectivity index is 1.80. The minimum atomic E-state index is -4.01. The van der Waals surface area contributed by atoms with E-state index in [-0.39, 0.29) is 29.8 Å². The maximum absolute atomic E-state index is 13.0. The van der Waals surface area contributed by atoms with Gasteiger partial charge in [0.1, 0.15) is 0 Å². The van der Waals surface area contributed by atoms with Crippen molar-refractivity contribution in [1.82, 2.24) is 9.21 Å². The zero-order valence-electron chi connectivity index (χ0n) is 14.5. The second kappa shape index (κ2) is 7.71. The molecule has 9 heteroatoms. The van der Waals surface area contributed by atoms with E-state index in [9.17, 15) is 23.3 Å². The third kappa shape index (κ3) is 3.73. The average molecular weight is 381 g/mol. The molecule has 0 radical (unpaired) electrons. The van der Waals surface area contributed by atoms with E-state index in [1.54, 1.807) is 0 Å². The Labute approximate surface area is 153 Å². The number of sulfonamides is 1. The first kappa shape index (κ1) is 18.8. The van der Waals surface area contributed by atoms with Crippen molar-refractivity contribution in [3.63, 3.8) is 0 Å². The van der Waals surface area contributed by atoms with Gasteiger partial charge in [-0.15, -0.1) is 0 Å². The third-order valence-corrected chi connectivity index (χ3v) is 6.99. The van der Waals surface area contributed by atoms with Gasteiger partial charge in [-0.3, -0.25) is 14.9 Å². The molecule has 1 atom stereocenters. The fraction of sp³-hybridized carbons (Fsp3) is 0.588. The summed E-state index contributed by atoms with van der Waals surface area (Å²) >= 11 is 0. The average Bonchev–Trinajstić information content (AvgIpc) is 2.68. The molecule has 1 amide bonds. The van der Waals surface area contributed by atoms with E-state index in [2.05, 4.69) is 0 Å². The van der Waals surface area contributed by atoms with Gasteiger partial charge < -0.3 is 4.90 Å². The van der Waals surface area contributed by atoms with Crippen LogP contribution in [0.3, 0.4) is 0 Å². The maximum atomic E-state index is 13.0. The number of para-hydroxylation sites is 1. The highest BCUT2D eigenvalue weighted by molar-refractivity contribution is 7.89. The van der Waals surface area contributed by atoms with Crippen LogP contribution in [0, 0.1) is 16.0 Å². The summed E-state index contributed by atoms with van der Waals surface area (Å²) in [7, 11) is -4.01. The molecule has 2 saturated heterocycles. The van der Waals surface area contributed by atoms with Crippen molar-refractivity contribution in [2.45, 2.75) is 37.0 Å². The Morgan fingerprint density at radius 1 is 1.08 bits per heavy atom. The van der Waals surface area contributed by atoms with Crippen molar-refractivity contribution >= 4 is 21.6 Å². The van der Waals surface area contributed by atoms with Gasteiger partial charge in [-0.25, -0.2) is 8.42 Å². The summed E-state index contributed by atoms with van der Waals surface area (Å²) in [5, 5.41) is 11.2. The Morgan fingerprint density at radius 3 is 2.46 bits per heavy atom. The normalized spacial score (nSPS) is 22.2. The molecular weight excluding hydrogens is 358 g/mol. The van der Waals surface area contributed by atoms with Gasteiger partial charge in [-0.05, 0) is 38.2 Å². The van der Waals surface area contributed by atoms with Crippen LogP contribution in [0.1, 0.15) is 32.1 Å². The van der Waals surface area contributed by atoms with E-state index in [4.69, 9.17) is 0 Å². The molecule has 26 heavy (non-hydrogen) atoms. The van der Waals surface area contributed by atoms with Crippen LogP contribution < -0.4 is 0 Å². The zero-order chi connectivity index (χ0) is 18.7. The molecule has 0 aromatic heterocycles. The molecule has 142 valence electrons. The van der Waals surface area contributed by atoms with Gasteiger partial charge in [-0.1, -0.05) is 12.1 Å². The number of piperidine rings is 2. The number of amides is 1. The molecule has 2 fully saturated rings. The van der Waals surface area contributed by atoms with Crippen LogP contribution in [0.15, 0.2) is 29.2 Å². The molecule has 0 N–H and O–H groups in total. The predicted octanol–water partition coefficient (Wildman–Crippen LogP) is 2.01. The molecule has 0 spiro atoms. The smallest absolute Gasteiger partial charge is 0.289 e. The summed E-state index contributed by atoms with van der Waals surface area (Å²) in [5.74, 6) is -0.369. The molecule has 2 heterocycles. The first-order valence-electron chi connectivity index (χ1n) is 8.93. The van der Waals surface area contributed by atoms with Crippen molar-refractivity contribution in [3.05, 3.63) is 34.4 Å². The number of rotatable bonds is 4. The number of benzene rings is 1. The van der Waals surface area contributed by atoms with Crippen LogP contribution in [-0.4, -0.2) is 54.6 Å². The molecule has 0 saturated carbocycles. The van der Waals surface area contributed by atoms with E-state index in [1.807, 2.05) is 4.90 Å². The number of nitrogens with zero attached hydrogens (tertiary/aromatic N) is 3. The molecule has 2 aliphatic heterocycles. The van der Waals surface area contributed by atoms with Crippen LogP contribution in [0.5, 0.6) is 0 Å². The zero-order valence-corrected chi connectivity index (χ0v) is 15.4. The SMILES string of the molecule is O=C([C@@H]1CCCN(S(=O)(=O)c2ccccc2[N+](=O)[O-])C1)N1CCCCC1. The number of nitro groups is 1. The highest BCUT2D eigenvalue weighted by atomic mass is 32.2. The minimum absolute atomic E-state index is 0.00663. The molecule has 0 bridgehead atoms. The van der Waals surface area contributed by atoms with E-state index in [0.717, 1.165) is 32.4 Å². The molecule has 8 nitrogen and oxygen atoms in total. The van der Waals surface area contributed by atoms with Gasteiger partial charge in [0.05, 0.1) is 10.8 Å². The first-order valence-corrected chi connectivity index (χ1v) is 10.4. The lowest BCUT2D eigenvalue weighted by Gasteiger charge is -2.35. The first-order chi connectivity index (χ1) is 12.4. The summed E-state index contributed by atoms with van der Waals surface area (Å²) in [4.78, 5) is 24.8. The quantitative estimate of drug-likeness (QED) is 0.586. The van der Waals surface area contributed by atoms with Crippen molar-refractivity contribution < 1.29 is 18.1 Å². The molecule has 0 aliphatic carbocycles. The number of carbonyl (C=O) groups is 1. The van der Waals surface area contributed by atoms with Gasteiger partial charge in [0.25, 0.3) is 5.69 Å². The van der Waals surface area contributed by atoms with Gasteiger partial charge in [0, 0.05) is 32.2 Å². The predicted molar refractivity (Wildman–Crippen MR) is 95.0 cm³/mol. The fourth-order valence-electron chi connectivity index (χ4n) is 3.70. The van der Waals surface area contributed by atoms with Crippen LogP contribution in [-0.2, 0) is 14.8 Å². The molecule has 3 rings (SSSR count). The summed E-state index contributed by atoms with van der Waals surface area (Å²) in [6.45, 7) is 1.82. The maximum Gasteiger partial charge on any atom is 0.289 e. The highest BCUT2D eigenvalue weighted by Crippen LogP contribution is 2.30. The lowest BCUT2D eigenvalue weighted by molar-refractivity contribution is -0.387. The topological polar surface area (TPSA) is 101 Å². The highest BCUT2D eigenvalue weighted by Gasteiger charge is 2.37. The minimum Gasteiger partial charge on any atom is -0.342 e. The largest absolute Gasteiger partial charge is 0.342 e. The second-order valence-electron chi connectivity index (χ2n) is 6.81. The summed E-state index contributed by atoms with van der Waals surface area (Å²) in [6, 6.07) is 5.35. The lowest BCUT2D eigenvalue weighted by Crippen LogP contribution is -2.47. The summed E-state index contributed by atoms with van der Waals surface area (Å²) in [6.07, 6.45) is 4.31. The fourth-order valence-corrected chi connectivity index (χ4v) is 5.38. The monoisotopic (exact) mass is 381 g/mol. The van der Waals surface area contributed by atoms with E-state index in [1.165, 1.54) is 28.6 Å². The molecular formula is C17H23N3O5S.